The second kappa shape index (κ2) is 19.1. The molecule has 2 amide bonds. The van der Waals surface area contributed by atoms with Crippen LogP contribution in [-0.2, 0) is 19.0 Å². The maximum atomic E-state index is 15.0. The van der Waals surface area contributed by atoms with Gasteiger partial charge in [-0.2, -0.15) is 84.9 Å². The number of ether oxygens (including phenoxy) is 3. The Morgan fingerprint density at radius 2 is 1.20 bits per heavy atom. The first-order chi connectivity index (χ1) is 29.0. The van der Waals surface area contributed by atoms with E-state index in [1.807, 2.05) is 5.32 Å². The third kappa shape index (κ3) is 11.1. The molecule has 0 aromatic heterocycles. The predicted molar refractivity (Wildman–Crippen MR) is 191 cm³/mol. The molecule has 0 aliphatic carbocycles. The normalized spacial score (nSPS) is 17.4. The monoisotopic (exact) mass is 957 g/mol. The lowest BCUT2D eigenvalue weighted by Gasteiger charge is -2.43. The molecule has 2 aromatic rings. The molecular weight excluding hydrogens is 917 g/mol. The van der Waals surface area contributed by atoms with E-state index in [1.54, 1.807) is 57.1 Å². The number of alkyl halides is 17. The van der Waals surface area contributed by atoms with Crippen LogP contribution in [0.1, 0.15) is 43.5 Å². The minimum Gasteiger partial charge on any atom is -0.379 e. The maximum Gasteiger partial charge on any atom is 0.460 e. The van der Waals surface area contributed by atoms with Crippen LogP contribution >= 0.6 is 0 Å². The summed E-state index contributed by atoms with van der Waals surface area (Å²) in [7, 11) is 4.54. The van der Waals surface area contributed by atoms with Crippen LogP contribution in [-0.4, -0.2) is 130 Å². The molecule has 0 bridgehead atoms. The molecule has 1 aliphatic heterocycles. The summed E-state index contributed by atoms with van der Waals surface area (Å²) < 4.78 is 252. The van der Waals surface area contributed by atoms with E-state index in [-0.39, 0.29) is 38.5 Å². The Morgan fingerprint density at radius 1 is 0.734 bits per heavy atom. The van der Waals surface area contributed by atoms with Crippen molar-refractivity contribution in [2.24, 2.45) is 10.2 Å². The molecule has 10 nitrogen and oxygen atoms in total. The van der Waals surface area contributed by atoms with Crippen molar-refractivity contribution >= 4 is 28.9 Å². The second-order valence-corrected chi connectivity index (χ2v) is 15.0. The summed E-state index contributed by atoms with van der Waals surface area (Å²) in [4.78, 5) is 29.0. The van der Waals surface area contributed by atoms with E-state index in [0.29, 0.717) is 10.6 Å². The lowest BCUT2D eigenvalue weighted by molar-refractivity contribution is -0.461. The van der Waals surface area contributed by atoms with Crippen LogP contribution in [0.4, 0.5) is 91.7 Å². The summed E-state index contributed by atoms with van der Waals surface area (Å²) in [6, 6.07) is 8.62. The molecule has 1 fully saturated rings. The van der Waals surface area contributed by atoms with Gasteiger partial charge in [0.1, 0.15) is 12.1 Å². The van der Waals surface area contributed by atoms with Gasteiger partial charge in [-0.15, -0.1) is 0 Å². The van der Waals surface area contributed by atoms with Gasteiger partial charge in [-0.05, 0) is 75.2 Å². The third-order valence-corrected chi connectivity index (χ3v) is 9.44. The van der Waals surface area contributed by atoms with Crippen LogP contribution in [0.5, 0.6) is 0 Å². The number of benzene rings is 2. The van der Waals surface area contributed by atoms with Gasteiger partial charge in [0.15, 0.2) is 5.79 Å². The SMILES string of the molecule is CN(CCCOCC1COC(C)(C)O1)C(=O)C(CCC(F)(F)C(F)(F)C(F)(F)C(F)(F)C(F)(F)C(F)(F)C(F)(F)C(F)(F)F)NC(=O)c1ccc(N=Nc2ccc(N(C)C)cc2)cc1. The van der Waals surface area contributed by atoms with Crippen LogP contribution in [0.2, 0.25) is 0 Å². The van der Waals surface area contributed by atoms with Gasteiger partial charge in [0.25, 0.3) is 5.91 Å². The van der Waals surface area contributed by atoms with Crippen LogP contribution in [0.25, 0.3) is 0 Å². The first-order valence-electron chi connectivity index (χ1n) is 18.4. The molecular formula is C37H40F17N5O5. The Labute approximate surface area is 353 Å². The van der Waals surface area contributed by atoms with Gasteiger partial charge in [0.05, 0.1) is 24.6 Å². The fourth-order valence-electron chi connectivity index (χ4n) is 5.63. The van der Waals surface area contributed by atoms with Crippen LogP contribution in [0.3, 0.4) is 0 Å². The predicted octanol–water partition coefficient (Wildman–Crippen LogP) is 10.1. The minimum absolute atomic E-state index is 0.00882. The Hall–Kier alpha value is -4.53. The number of azo groups is 1. The molecule has 1 aliphatic rings. The van der Waals surface area contributed by atoms with Crippen molar-refractivity contribution in [2.45, 2.75) is 98.7 Å². The molecule has 27 heteroatoms. The van der Waals surface area contributed by atoms with E-state index in [4.69, 9.17) is 14.2 Å². The van der Waals surface area contributed by atoms with Crippen molar-refractivity contribution in [2.75, 3.05) is 52.4 Å². The fraction of sp³-hybridized carbons (Fsp3) is 0.622. The number of likely N-dealkylation sites (N-methyl/N-ethyl adjacent to an activating group) is 1. The summed E-state index contributed by atoms with van der Waals surface area (Å²) in [6.07, 6.45) is -13.3. The molecule has 2 unspecified atom stereocenters. The van der Waals surface area contributed by atoms with E-state index >= 15 is 0 Å². The minimum atomic E-state index is -8.79. The molecule has 0 radical (unpaired) electrons. The Kier molecular flexibility index (Phi) is 16.1. The smallest absolute Gasteiger partial charge is 0.379 e. The summed E-state index contributed by atoms with van der Waals surface area (Å²) in [5.74, 6) is -61.4. The van der Waals surface area contributed by atoms with Crippen LogP contribution < -0.4 is 10.2 Å². The average Bonchev–Trinajstić information content (AvgIpc) is 3.55. The number of anilines is 1. The first kappa shape index (κ1) is 53.8. The van der Waals surface area contributed by atoms with Gasteiger partial charge in [0, 0.05) is 52.0 Å². The zero-order chi connectivity index (χ0) is 49.1. The number of halogens is 17. The molecule has 1 saturated heterocycles. The molecule has 0 spiro atoms. The lowest BCUT2D eigenvalue weighted by Crippen LogP contribution is -2.74. The quantitative estimate of drug-likeness (QED) is 0.0759. The zero-order valence-corrected chi connectivity index (χ0v) is 34.0. The van der Waals surface area contributed by atoms with Crippen molar-refractivity contribution in [3.8, 4) is 0 Å². The highest BCUT2D eigenvalue weighted by molar-refractivity contribution is 5.97. The Morgan fingerprint density at radius 3 is 1.66 bits per heavy atom. The summed E-state index contributed by atoms with van der Waals surface area (Å²) in [5, 5.41) is 9.79. The molecule has 64 heavy (non-hydrogen) atoms. The van der Waals surface area contributed by atoms with Gasteiger partial charge >= 0.3 is 47.6 Å². The summed E-state index contributed by atoms with van der Waals surface area (Å²) >= 11 is 0. The standard InChI is InChI=1S/C37H40F17N5O5/c1-29(2)63-20-25(64-29)19-62-18-6-17-59(5)28(61)26(55-27(60)21-7-9-22(10-8-21)56-57-23-11-13-24(14-12-23)58(3)4)15-16-30(38,39)31(40,41)32(42,43)33(44,45)34(46,47)35(48,49)36(50,51)37(52,53)54/h7-14,25-26H,6,15-20H2,1-5H3,(H,55,60). The topological polar surface area (TPSA) is 105 Å². The molecule has 2 aromatic carbocycles. The van der Waals surface area contributed by atoms with Gasteiger partial charge in [-0.25, -0.2) is 0 Å². The molecule has 1 N–H and O–H groups in total. The molecule has 1 heterocycles. The highest BCUT2D eigenvalue weighted by Gasteiger charge is 2.95. The average molecular weight is 958 g/mol. The number of carbonyl (C=O) groups excluding carboxylic acids is 2. The number of rotatable bonds is 21. The van der Waals surface area contributed by atoms with Gasteiger partial charge in [0.2, 0.25) is 5.91 Å². The fourth-order valence-corrected chi connectivity index (χ4v) is 5.63. The van der Waals surface area contributed by atoms with Crippen molar-refractivity contribution < 1.29 is 98.4 Å². The molecule has 0 saturated carbocycles. The summed E-state index contributed by atoms with van der Waals surface area (Å²) in [6.45, 7) is 2.92. The van der Waals surface area contributed by atoms with Crippen LogP contribution in [0.15, 0.2) is 58.8 Å². The van der Waals surface area contributed by atoms with Crippen molar-refractivity contribution in [1.29, 1.82) is 0 Å². The zero-order valence-electron chi connectivity index (χ0n) is 34.0. The number of hydrogen-bond acceptors (Lipinski definition) is 8. The van der Waals surface area contributed by atoms with Gasteiger partial charge < -0.3 is 29.3 Å². The van der Waals surface area contributed by atoms with Crippen molar-refractivity contribution in [3.05, 3.63) is 54.1 Å². The summed E-state index contributed by atoms with van der Waals surface area (Å²) in [5.41, 5.74) is 0.943. The number of nitrogens with zero attached hydrogens (tertiary/aromatic N) is 4. The van der Waals surface area contributed by atoms with Crippen molar-refractivity contribution in [3.63, 3.8) is 0 Å². The van der Waals surface area contributed by atoms with Gasteiger partial charge in [-0.3, -0.25) is 9.59 Å². The highest BCUT2D eigenvalue weighted by Crippen LogP contribution is 2.64. The van der Waals surface area contributed by atoms with E-state index in [2.05, 4.69) is 10.2 Å². The van der Waals surface area contributed by atoms with E-state index in [1.165, 1.54) is 12.1 Å². The van der Waals surface area contributed by atoms with E-state index < -0.39 is 95.8 Å². The third-order valence-electron chi connectivity index (χ3n) is 9.44. The number of amides is 2. The van der Waals surface area contributed by atoms with Gasteiger partial charge in [-0.1, -0.05) is 0 Å². The highest BCUT2D eigenvalue weighted by atomic mass is 19.4. The van der Waals surface area contributed by atoms with E-state index in [0.717, 1.165) is 24.9 Å². The Bertz CT molecular complexity index is 1930. The number of nitrogens with one attached hydrogen (secondary N) is 1. The Balaban J connectivity index is 1.86. The maximum absolute atomic E-state index is 15.0. The lowest BCUT2D eigenvalue weighted by atomic mass is 9.87. The largest absolute Gasteiger partial charge is 0.460 e. The van der Waals surface area contributed by atoms with E-state index in [9.17, 15) is 84.2 Å². The number of carbonyl (C=O) groups is 2. The van der Waals surface area contributed by atoms with Crippen LogP contribution in [0, 0.1) is 0 Å². The first-order valence-corrected chi connectivity index (χ1v) is 18.4. The second-order valence-electron chi connectivity index (χ2n) is 15.0. The molecule has 3 rings (SSSR count). The molecule has 2 atom stereocenters. The number of hydrogen-bond donors (Lipinski definition) is 1. The van der Waals surface area contributed by atoms with Crippen molar-refractivity contribution in [1.82, 2.24) is 10.2 Å². The molecule has 362 valence electrons.